The van der Waals surface area contributed by atoms with E-state index in [1.807, 2.05) is 0 Å². The standard InChI is InChI=1S/C17H31NO/c1-17(2,3)15-8-6-11-18(12-10-15)13-14-7-4-5-9-16(14)19/h14-15H,4-13H2,1-3H3. The van der Waals surface area contributed by atoms with Crippen molar-refractivity contribution in [1.29, 1.82) is 0 Å². The number of carbonyl (C=O) groups excluding carboxylic acids is 1. The van der Waals surface area contributed by atoms with Gasteiger partial charge in [-0.3, -0.25) is 4.79 Å². The first kappa shape index (κ1) is 15.0. The Morgan fingerprint density at radius 2 is 1.84 bits per heavy atom. The van der Waals surface area contributed by atoms with E-state index < -0.39 is 0 Å². The van der Waals surface area contributed by atoms with Gasteiger partial charge in [-0.15, -0.1) is 0 Å². The van der Waals surface area contributed by atoms with Gasteiger partial charge < -0.3 is 4.90 Å². The zero-order valence-corrected chi connectivity index (χ0v) is 13.1. The highest BCUT2D eigenvalue weighted by Gasteiger charge is 2.29. The molecule has 2 aliphatic rings. The number of rotatable bonds is 2. The molecule has 0 aromatic carbocycles. The average molecular weight is 265 g/mol. The van der Waals surface area contributed by atoms with E-state index in [1.165, 1.54) is 38.8 Å². The Morgan fingerprint density at radius 1 is 1.05 bits per heavy atom. The summed E-state index contributed by atoms with van der Waals surface area (Å²) in [6, 6.07) is 0. The Hall–Kier alpha value is -0.370. The van der Waals surface area contributed by atoms with E-state index in [1.54, 1.807) is 0 Å². The molecule has 2 nitrogen and oxygen atoms in total. The van der Waals surface area contributed by atoms with E-state index >= 15 is 0 Å². The Morgan fingerprint density at radius 3 is 2.53 bits per heavy atom. The Bertz CT molecular complexity index is 305. The molecular formula is C17H31NO. The van der Waals surface area contributed by atoms with E-state index in [0.29, 0.717) is 17.1 Å². The van der Waals surface area contributed by atoms with E-state index in [9.17, 15) is 4.79 Å². The second-order valence-electron chi connectivity index (χ2n) is 7.70. The Kier molecular flexibility index (Phi) is 5.05. The summed E-state index contributed by atoms with van der Waals surface area (Å²) in [5.41, 5.74) is 0.441. The lowest BCUT2D eigenvalue weighted by Crippen LogP contribution is -2.35. The first-order valence-electron chi connectivity index (χ1n) is 8.22. The third kappa shape index (κ3) is 4.30. The normalized spacial score (nSPS) is 31.2. The van der Waals surface area contributed by atoms with E-state index in [0.717, 1.165) is 31.7 Å². The summed E-state index contributed by atoms with van der Waals surface area (Å²) in [5.74, 6) is 1.72. The predicted octanol–water partition coefficient (Wildman–Crippen LogP) is 3.89. The highest BCUT2D eigenvalue weighted by Crippen LogP contribution is 2.34. The summed E-state index contributed by atoms with van der Waals surface area (Å²) in [5, 5.41) is 0. The summed E-state index contributed by atoms with van der Waals surface area (Å²) in [6.07, 6.45) is 8.34. The van der Waals surface area contributed by atoms with E-state index in [4.69, 9.17) is 0 Å². The summed E-state index contributed by atoms with van der Waals surface area (Å²) in [6.45, 7) is 10.6. The molecule has 2 heteroatoms. The van der Waals surface area contributed by atoms with E-state index in [2.05, 4.69) is 25.7 Å². The number of carbonyl (C=O) groups is 1. The molecule has 0 bridgehead atoms. The van der Waals surface area contributed by atoms with Crippen molar-refractivity contribution >= 4 is 5.78 Å². The molecule has 110 valence electrons. The molecule has 2 atom stereocenters. The highest BCUT2D eigenvalue weighted by molar-refractivity contribution is 5.81. The molecule has 19 heavy (non-hydrogen) atoms. The number of hydrogen-bond donors (Lipinski definition) is 0. The molecule has 1 aliphatic heterocycles. The smallest absolute Gasteiger partial charge is 0.137 e. The number of nitrogens with zero attached hydrogens (tertiary/aromatic N) is 1. The average Bonchev–Trinajstić information content (AvgIpc) is 2.57. The lowest BCUT2D eigenvalue weighted by molar-refractivity contribution is -0.125. The van der Waals surface area contributed by atoms with Gasteiger partial charge in [0.25, 0.3) is 0 Å². The van der Waals surface area contributed by atoms with Crippen LogP contribution in [0.3, 0.4) is 0 Å². The molecule has 1 saturated heterocycles. The number of Topliss-reactive ketones (excluding diaryl/α,β-unsaturated/α-hetero) is 1. The van der Waals surface area contributed by atoms with Gasteiger partial charge in [0.05, 0.1) is 0 Å². The van der Waals surface area contributed by atoms with Crippen molar-refractivity contribution in [2.45, 2.75) is 65.7 Å². The zero-order valence-electron chi connectivity index (χ0n) is 13.1. The molecule has 0 radical (unpaired) electrons. The predicted molar refractivity (Wildman–Crippen MR) is 80.2 cm³/mol. The molecule has 0 aromatic rings. The van der Waals surface area contributed by atoms with Crippen molar-refractivity contribution in [3.05, 3.63) is 0 Å². The van der Waals surface area contributed by atoms with Crippen LogP contribution < -0.4 is 0 Å². The molecule has 0 N–H and O–H groups in total. The summed E-state index contributed by atoms with van der Waals surface area (Å²) >= 11 is 0. The van der Waals surface area contributed by atoms with Crippen molar-refractivity contribution in [1.82, 2.24) is 4.90 Å². The third-order valence-corrected chi connectivity index (χ3v) is 5.21. The lowest BCUT2D eigenvalue weighted by atomic mass is 9.77. The quantitative estimate of drug-likeness (QED) is 0.755. The number of ketones is 1. The largest absolute Gasteiger partial charge is 0.303 e. The van der Waals surface area contributed by atoms with Crippen LogP contribution in [-0.2, 0) is 4.79 Å². The maximum Gasteiger partial charge on any atom is 0.137 e. The minimum Gasteiger partial charge on any atom is -0.303 e. The van der Waals surface area contributed by atoms with Crippen LogP contribution in [0.2, 0.25) is 0 Å². The van der Waals surface area contributed by atoms with Gasteiger partial charge in [-0.1, -0.05) is 27.2 Å². The first-order chi connectivity index (χ1) is 8.97. The van der Waals surface area contributed by atoms with Gasteiger partial charge in [0.15, 0.2) is 0 Å². The third-order valence-electron chi connectivity index (χ3n) is 5.21. The molecule has 2 fully saturated rings. The second kappa shape index (κ2) is 6.39. The van der Waals surface area contributed by atoms with Crippen LogP contribution in [0.5, 0.6) is 0 Å². The maximum atomic E-state index is 12.0. The monoisotopic (exact) mass is 265 g/mol. The molecular weight excluding hydrogens is 234 g/mol. The van der Waals surface area contributed by atoms with Crippen LogP contribution in [0.25, 0.3) is 0 Å². The fourth-order valence-corrected chi connectivity index (χ4v) is 3.76. The molecule has 2 rings (SSSR count). The van der Waals surface area contributed by atoms with Crippen LogP contribution in [0.1, 0.15) is 65.7 Å². The summed E-state index contributed by atoms with van der Waals surface area (Å²) in [4.78, 5) is 14.5. The minimum absolute atomic E-state index is 0.347. The molecule has 1 heterocycles. The minimum atomic E-state index is 0.347. The van der Waals surface area contributed by atoms with Gasteiger partial charge in [0.2, 0.25) is 0 Å². The topological polar surface area (TPSA) is 20.3 Å². The highest BCUT2D eigenvalue weighted by atomic mass is 16.1. The fourth-order valence-electron chi connectivity index (χ4n) is 3.76. The van der Waals surface area contributed by atoms with Crippen molar-refractivity contribution in [3.63, 3.8) is 0 Å². The van der Waals surface area contributed by atoms with E-state index in [-0.39, 0.29) is 0 Å². The maximum absolute atomic E-state index is 12.0. The SMILES string of the molecule is CC(C)(C)C1CCCN(CC2CCCCC2=O)CC1. The van der Waals surface area contributed by atoms with Crippen molar-refractivity contribution in [2.24, 2.45) is 17.3 Å². The molecule has 0 aromatic heterocycles. The van der Waals surface area contributed by atoms with Crippen LogP contribution in [0.4, 0.5) is 0 Å². The van der Waals surface area contributed by atoms with Crippen LogP contribution in [0.15, 0.2) is 0 Å². The van der Waals surface area contributed by atoms with Gasteiger partial charge in [0.1, 0.15) is 5.78 Å². The van der Waals surface area contributed by atoms with Crippen LogP contribution in [0, 0.1) is 17.3 Å². The molecule has 2 unspecified atom stereocenters. The van der Waals surface area contributed by atoms with Crippen molar-refractivity contribution in [3.8, 4) is 0 Å². The van der Waals surface area contributed by atoms with Gasteiger partial charge in [0, 0.05) is 18.9 Å². The van der Waals surface area contributed by atoms with Crippen LogP contribution >= 0.6 is 0 Å². The second-order valence-corrected chi connectivity index (χ2v) is 7.70. The van der Waals surface area contributed by atoms with Crippen LogP contribution in [-0.4, -0.2) is 30.3 Å². The van der Waals surface area contributed by atoms with Crippen molar-refractivity contribution < 1.29 is 4.79 Å². The molecule has 0 spiro atoms. The summed E-state index contributed by atoms with van der Waals surface area (Å²) < 4.78 is 0. The number of hydrogen-bond acceptors (Lipinski definition) is 2. The molecule has 1 saturated carbocycles. The Balaban J connectivity index is 1.84. The van der Waals surface area contributed by atoms with Gasteiger partial charge in [-0.2, -0.15) is 0 Å². The molecule has 1 aliphatic carbocycles. The zero-order chi connectivity index (χ0) is 13.9. The first-order valence-corrected chi connectivity index (χ1v) is 8.22. The fraction of sp³-hybridized carbons (Fsp3) is 0.941. The van der Waals surface area contributed by atoms with Gasteiger partial charge in [-0.05, 0) is 56.5 Å². The summed E-state index contributed by atoms with van der Waals surface area (Å²) in [7, 11) is 0. The number of likely N-dealkylation sites (tertiary alicyclic amines) is 1. The lowest BCUT2D eigenvalue weighted by Gasteiger charge is -2.30. The van der Waals surface area contributed by atoms with Crippen molar-refractivity contribution in [2.75, 3.05) is 19.6 Å². The molecule has 0 amide bonds. The Labute approximate surface area is 118 Å². The van der Waals surface area contributed by atoms with Gasteiger partial charge >= 0.3 is 0 Å². The van der Waals surface area contributed by atoms with Gasteiger partial charge in [-0.25, -0.2) is 0 Å².